The number of furan rings is 1. The Morgan fingerprint density at radius 1 is 1.19 bits per heavy atom. The second-order valence-electron chi connectivity index (χ2n) is 5.47. The largest absolute Gasteiger partial charge is 0.458 e. The number of hydrogen-bond acceptors (Lipinski definition) is 4. The Morgan fingerprint density at radius 2 is 2.00 bits per heavy atom. The summed E-state index contributed by atoms with van der Waals surface area (Å²) in [4.78, 5) is 17.1. The third-order valence-electron chi connectivity index (χ3n) is 3.62. The van der Waals surface area contributed by atoms with Crippen LogP contribution in [-0.4, -0.2) is 19.1 Å². The average molecular weight is 416 g/mol. The van der Waals surface area contributed by atoms with Crippen LogP contribution < -0.4 is 0 Å². The van der Waals surface area contributed by atoms with Gasteiger partial charge in [-0.25, -0.2) is 4.39 Å². The van der Waals surface area contributed by atoms with E-state index in [1.807, 2.05) is 0 Å². The molecule has 0 fully saturated rings. The second-order valence-corrected chi connectivity index (χ2v) is 6.38. The monoisotopic (exact) mass is 415 g/mol. The number of nitrogens with zero attached hydrogens (tertiary/aromatic N) is 1. The van der Waals surface area contributed by atoms with Crippen LogP contribution in [0.15, 0.2) is 68.5 Å². The third-order valence-corrected chi connectivity index (χ3v) is 4.11. The van der Waals surface area contributed by atoms with Crippen LogP contribution >= 0.6 is 15.9 Å². The van der Waals surface area contributed by atoms with Crippen LogP contribution in [0.4, 0.5) is 10.1 Å². The Balaban J connectivity index is 1.94. The highest BCUT2D eigenvalue weighted by Crippen LogP contribution is 2.27. The molecule has 0 saturated carbocycles. The molecule has 1 heterocycles. The number of carbonyl (C=O) groups is 1. The zero-order valence-corrected chi connectivity index (χ0v) is 15.5. The lowest BCUT2D eigenvalue weighted by molar-refractivity contribution is 0.103. The average Bonchev–Trinajstić information content (AvgIpc) is 3.08. The molecule has 2 aromatic carbocycles. The van der Waals surface area contributed by atoms with E-state index in [1.165, 1.54) is 18.3 Å². The highest BCUT2D eigenvalue weighted by Gasteiger charge is 2.17. The molecule has 0 bridgehead atoms. The molecule has 3 rings (SSSR count). The van der Waals surface area contributed by atoms with Gasteiger partial charge < -0.3 is 9.15 Å². The zero-order valence-electron chi connectivity index (χ0n) is 13.9. The standard InChI is InChI=1S/C20H15BrFNO3/c1-25-12-15-8-7-14(26-15)11-23-19-9-6-13(21)10-17(19)20(24)16-4-2-3-5-18(16)22/h2-11H,12H2,1H3. The molecule has 0 aliphatic heterocycles. The summed E-state index contributed by atoms with van der Waals surface area (Å²) >= 11 is 3.34. The molecule has 6 heteroatoms. The van der Waals surface area contributed by atoms with Gasteiger partial charge in [0, 0.05) is 17.1 Å². The van der Waals surface area contributed by atoms with Crippen molar-refractivity contribution in [2.75, 3.05) is 7.11 Å². The van der Waals surface area contributed by atoms with Gasteiger partial charge in [-0.05, 0) is 42.5 Å². The summed E-state index contributed by atoms with van der Waals surface area (Å²) in [6.07, 6.45) is 1.51. The summed E-state index contributed by atoms with van der Waals surface area (Å²) in [6.45, 7) is 0.364. The molecule has 0 aliphatic carbocycles. The van der Waals surface area contributed by atoms with Crippen molar-refractivity contribution in [2.45, 2.75) is 6.61 Å². The number of rotatable bonds is 6. The van der Waals surface area contributed by atoms with Gasteiger partial charge in [0.25, 0.3) is 0 Å². The van der Waals surface area contributed by atoms with E-state index in [9.17, 15) is 9.18 Å². The summed E-state index contributed by atoms with van der Waals surface area (Å²) in [7, 11) is 1.58. The van der Waals surface area contributed by atoms with E-state index >= 15 is 0 Å². The normalized spacial score (nSPS) is 11.2. The quantitative estimate of drug-likeness (QED) is 0.404. The summed E-state index contributed by atoms with van der Waals surface area (Å²) in [5, 5.41) is 0. The van der Waals surface area contributed by atoms with Gasteiger partial charge in [-0.15, -0.1) is 0 Å². The van der Waals surface area contributed by atoms with E-state index in [2.05, 4.69) is 20.9 Å². The number of benzene rings is 2. The molecule has 0 N–H and O–H groups in total. The fourth-order valence-corrected chi connectivity index (χ4v) is 2.77. The fraction of sp³-hybridized carbons (Fsp3) is 0.100. The molecule has 0 unspecified atom stereocenters. The molecule has 0 radical (unpaired) electrons. The molecule has 132 valence electrons. The SMILES string of the molecule is COCc1ccc(C=Nc2ccc(Br)cc2C(=O)c2ccccc2F)o1. The number of ketones is 1. The zero-order chi connectivity index (χ0) is 18.5. The van der Waals surface area contributed by atoms with Crippen LogP contribution in [0, 0.1) is 5.82 Å². The van der Waals surface area contributed by atoms with Crippen molar-refractivity contribution in [2.24, 2.45) is 4.99 Å². The minimum atomic E-state index is -0.567. The van der Waals surface area contributed by atoms with Crippen molar-refractivity contribution in [3.8, 4) is 0 Å². The molecule has 4 nitrogen and oxygen atoms in total. The second kappa shape index (κ2) is 8.21. The summed E-state index contributed by atoms with van der Waals surface area (Å²) in [5.41, 5.74) is 0.720. The van der Waals surface area contributed by atoms with Gasteiger partial charge in [-0.3, -0.25) is 9.79 Å². The topological polar surface area (TPSA) is 51.8 Å². The Morgan fingerprint density at radius 3 is 2.77 bits per heavy atom. The van der Waals surface area contributed by atoms with E-state index < -0.39 is 11.6 Å². The number of methoxy groups -OCH3 is 1. The molecular formula is C20H15BrFNO3. The molecule has 0 spiro atoms. The highest BCUT2D eigenvalue weighted by molar-refractivity contribution is 9.10. The molecule has 26 heavy (non-hydrogen) atoms. The van der Waals surface area contributed by atoms with Crippen LogP contribution in [0.25, 0.3) is 0 Å². The first-order valence-electron chi connectivity index (χ1n) is 7.79. The van der Waals surface area contributed by atoms with Crippen molar-refractivity contribution >= 4 is 33.6 Å². The highest BCUT2D eigenvalue weighted by atomic mass is 79.9. The van der Waals surface area contributed by atoms with Gasteiger partial charge in [0.1, 0.15) is 23.9 Å². The Bertz CT molecular complexity index is 965. The lowest BCUT2D eigenvalue weighted by atomic mass is 10.0. The van der Waals surface area contributed by atoms with Crippen molar-refractivity contribution in [1.29, 1.82) is 0 Å². The number of hydrogen-bond donors (Lipinski definition) is 0. The smallest absolute Gasteiger partial charge is 0.198 e. The first-order chi connectivity index (χ1) is 12.6. The van der Waals surface area contributed by atoms with Gasteiger partial charge in [-0.2, -0.15) is 0 Å². The maximum absolute atomic E-state index is 14.0. The van der Waals surface area contributed by atoms with E-state index in [0.717, 1.165) is 0 Å². The third kappa shape index (κ3) is 4.15. The van der Waals surface area contributed by atoms with Crippen molar-refractivity contribution < 1.29 is 18.3 Å². The molecule has 0 atom stereocenters. The lowest BCUT2D eigenvalue weighted by Gasteiger charge is -2.06. The number of ether oxygens (including phenoxy) is 1. The number of halogens is 2. The van der Waals surface area contributed by atoms with Crippen LogP contribution in [0.1, 0.15) is 27.4 Å². The minimum Gasteiger partial charge on any atom is -0.458 e. The summed E-state index contributed by atoms with van der Waals surface area (Å²) < 4.78 is 25.2. The molecule has 0 amide bonds. The molecular weight excluding hydrogens is 401 g/mol. The summed E-state index contributed by atoms with van der Waals surface area (Å²) in [6, 6.07) is 14.5. The van der Waals surface area contributed by atoms with Crippen molar-refractivity contribution in [3.63, 3.8) is 0 Å². The van der Waals surface area contributed by atoms with Crippen LogP contribution in [0.3, 0.4) is 0 Å². The van der Waals surface area contributed by atoms with Crippen molar-refractivity contribution in [1.82, 2.24) is 0 Å². The predicted octanol–water partition coefficient (Wildman–Crippen LogP) is 5.31. The Kier molecular flexibility index (Phi) is 5.75. The molecule has 1 aromatic heterocycles. The first kappa shape index (κ1) is 18.2. The Hall–Kier alpha value is -2.57. The van der Waals surface area contributed by atoms with Gasteiger partial charge in [0.05, 0.1) is 17.5 Å². The van der Waals surface area contributed by atoms with Crippen LogP contribution in [-0.2, 0) is 11.3 Å². The van der Waals surface area contributed by atoms with Gasteiger partial charge >= 0.3 is 0 Å². The van der Waals surface area contributed by atoms with E-state index in [0.29, 0.717) is 33.9 Å². The predicted molar refractivity (Wildman–Crippen MR) is 101 cm³/mol. The molecule has 0 aliphatic rings. The molecule has 0 saturated heterocycles. The minimum absolute atomic E-state index is 0.00225. The summed E-state index contributed by atoms with van der Waals surface area (Å²) in [5.74, 6) is 0.204. The van der Waals surface area contributed by atoms with E-state index in [1.54, 1.807) is 49.6 Å². The maximum atomic E-state index is 14.0. The van der Waals surface area contributed by atoms with E-state index in [-0.39, 0.29) is 5.56 Å². The maximum Gasteiger partial charge on any atom is 0.198 e. The Labute approximate surface area is 158 Å². The van der Waals surface area contributed by atoms with E-state index in [4.69, 9.17) is 9.15 Å². The first-order valence-corrected chi connectivity index (χ1v) is 8.58. The van der Waals surface area contributed by atoms with Crippen molar-refractivity contribution in [3.05, 3.63) is 87.5 Å². The van der Waals surface area contributed by atoms with Crippen LogP contribution in [0.2, 0.25) is 0 Å². The van der Waals surface area contributed by atoms with Gasteiger partial charge in [0.2, 0.25) is 0 Å². The number of carbonyl (C=O) groups excluding carboxylic acids is 1. The van der Waals surface area contributed by atoms with Gasteiger partial charge in [0.15, 0.2) is 5.78 Å². The van der Waals surface area contributed by atoms with Crippen LogP contribution in [0.5, 0.6) is 0 Å². The lowest BCUT2D eigenvalue weighted by Crippen LogP contribution is -2.04. The molecule has 3 aromatic rings. The number of aliphatic imine (C=N–C) groups is 1. The van der Waals surface area contributed by atoms with Gasteiger partial charge in [-0.1, -0.05) is 28.1 Å². The fourth-order valence-electron chi connectivity index (χ4n) is 2.41.